The second-order valence-corrected chi connectivity index (χ2v) is 13.0. The third kappa shape index (κ3) is 2.54. The molecular formula is C28H42O4. The van der Waals surface area contributed by atoms with Crippen LogP contribution in [0.2, 0.25) is 0 Å². The monoisotopic (exact) mass is 442 g/mol. The number of carboxylic acids is 1. The lowest BCUT2D eigenvalue weighted by atomic mass is 9.34. The summed E-state index contributed by atoms with van der Waals surface area (Å²) in [5.41, 5.74) is 0.976. The Balaban J connectivity index is 1.60. The van der Waals surface area contributed by atoms with E-state index in [1.807, 2.05) is 6.92 Å². The van der Waals surface area contributed by atoms with E-state index in [9.17, 15) is 20.1 Å². The summed E-state index contributed by atoms with van der Waals surface area (Å²) in [6.45, 7) is 13.4. The van der Waals surface area contributed by atoms with Crippen molar-refractivity contribution in [2.24, 2.45) is 39.4 Å². The number of allylic oxidation sites excluding steroid dienone is 3. The maximum Gasteiger partial charge on any atom is 0.310 e. The van der Waals surface area contributed by atoms with Crippen molar-refractivity contribution in [3.8, 4) is 0 Å². The fourth-order valence-corrected chi connectivity index (χ4v) is 9.85. The van der Waals surface area contributed by atoms with Gasteiger partial charge >= 0.3 is 5.97 Å². The highest BCUT2D eigenvalue weighted by Crippen LogP contribution is 2.74. The van der Waals surface area contributed by atoms with Gasteiger partial charge in [0.2, 0.25) is 0 Å². The van der Waals surface area contributed by atoms with Crippen molar-refractivity contribution in [3.63, 3.8) is 0 Å². The quantitative estimate of drug-likeness (QED) is 0.469. The van der Waals surface area contributed by atoms with E-state index >= 15 is 0 Å². The normalized spacial score (nSPS) is 55.1. The van der Waals surface area contributed by atoms with Crippen LogP contribution in [-0.4, -0.2) is 33.0 Å². The van der Waals surface area contributed by atoms with Crippen molar-refractivity contribution in [3.05, 3.63) is 23.8 Å². The Kier molecular flexibility index (Phi) is 4.76. The second kappa shape index (κ2) is 6.72. The van der Waals surface area contributed by atoms with Gasteiger partial charge in [-0.2, -0.15) is 0 Å². The topological polar surface area (TPSA) is 77.8 Å². The van der Waals surface area contributed by atoms with Gasteiger partial charge in [0.25, 0.3) is 0 Å². The van der Waals surface area contributed by atoms with Gasteiger partial charge < -0.3 is 15.3 Å². The molecule has 4 fully saturated rings. The average Bonchev–Trinajstić information content (AvgIpc) is 2.71. The molecule has 32 heavy (non-hydrogen) atoms. The van der Waals surface area contributed by atoms with E-state index in [1.165, 1.54) is 11.1 Å². The van der Waals surface area contributed by atoms with E-state index in [4.69, 9.17) is 0 Å². The summed E-state index contributed by atoms with van der Waals surface area (Å²) in [6.07, 6.45) is 10.4. The molecule has 0 aromatic carbocycles. The van der Waals surface area contributed by atoms with Gasteiger partial charge in [-0.15, -0.1) is 0 Å². The molecule has 0 spiro atoms. The highest BCUT2D eigenvalue weighted by Gasteiger charge is 2.69. The van der Waals surface area contributed by atoms with Crippen molar-refractivity contribution >= 4 is 5.97 Å². The molecule has 5 rings (SSSR count). The molecule has 5 aliphatic rings. The molecule has 0 saturated heterocycles. The molecule has 0 aliphatic heterocycles. The third-order valence-electron chi connectivity index (χ3n) is 12.1. The van der Waals surface area contributed by atoms with E-state index in [2.05, 4.69) is 33.4 Å². The minimum Gasteiger partial charge on any atom is -0.481 e. The van der Waals surface area contributed by atoms with Gasteiger partial charge in [-0.1, -0.05) is 44.6 Å². The van der Waals surface area contributed by atoms with E-state index in [1.54, 1.807) is 0 Å². The van der Waals surface area contributed by atoms with Gasteiger partial charge in [0.1, 0.15) is 0 Å². The molecule has 0 aromatic heterocycles. The van der Waals surface area contributed by atoms with Crippen LogP contribution in [0.15, 0.2) is 23.8 Å². The molecule has 0 unspecified atom stereocenters. The van der Waals surface area contributed by atoms with Gasteiger partial charge in [0, 0.05) is 5.92 Å². The van der Waals surface area contributed by atoms with E-state index in [0.29, 0.717) is 12.3 Å². The fraction of sp³-hybridized carbons (Fsp3) is 0.821. The Morgan fingerprint density at radius 2 is 1.75 bits per heavy atom. The molecule has 4 nitrogen and oxygen atoms in total. The van der Waals surface area contributed by atoms with E-state index in [-0.39, 0.29) is 28.1 Å². The summed E-state index contributed by atoms with van der Waals surface area (Å²) < 4.78 is 0. The van der Waals surface area contributed by atoms with Crippen LogP contribution in [0.3, 0.4) is 0 Å². The summed E-state index contributed by atoms with van der Waals surface area (Å²) in [5, 5.41) is 32.3. The molecule has 4 heteroatoms. The maximum atomic E-state index is 12.6. The number of carbonyl (C=O) groups is 1. The smallest absolute Gasteiger partial charge is 0.310 e. The van der Waals surface area contributed by atoms with Crippen molar-refractivity contribution in [1.82, 2.24) is 0 Å². The molecule has 0 bridgehead atoms. The standard InChI is InChI=1S/C28H42O4/c1-17-8-13-28(23(30)31)15-14-25(3)18(19(28)16-17)6-7-20-24(2)11-10-22(29)27(5,32)21(24)9-12-26(20,25)4/h6,19-22,29,32H,1,7-16H2,2-5H3,(H,30,31)/t19-,20-,21+,22+,24-,25-,26-,27-,28+/m1/s1. The second-order valence-electron chi connectivity index (χ2n) is 13.0. The van der Waals surface area contributed by atoms with E-state index < -0.39 is 23.1 Å². The molecule has 0 radical (unpaired) electrons. The number of rotatable bonds is 1. The first-order valence-electron chi connectivity index (χ1n) is 12.8. The van der Waals surface area contributed by atoms with Crippen LogP contribution in [0.5, 0.6) is 0 Å². The van der Waals surface area contributed by atoms with Crippen LogP contribution in [-0.2, 0) is 4.79 Å². The molecular weight excluding hydrogens is 400 g/mol. The first-order valence-corrected chi connectivity index (χ1v) is 12.8. The van der Waals surface area contributed by atoms with Crippen LogP contribution < -0.4 is 0 Å². The SMILES string of the molecule is C=C1CC[C@]2(C(=O)O)CC[C@]3(C)C(=CC[C@@H]4[C@@]5(C)CC[C@H](O)[C@](C)(O)[C@H]5CC[C@]43C)[C@H]2C1. The largest absolute Gasteiger partial charge is 0.481 e. The van der Waals surface area contributed by atoms with Crippen molar-refractivity contribution < 1.29 is 20.1 Å². The average molecular weight is 443 g/mol. The maximum absolute atomic E-state index is 12.6. The lowest BCUT2D eigenvalue weighted by Crippen LogP contribution is -2.66. The minimum absolute atomic E-state index is 0.0156. The lowest BCUT2D eigenvalue weighted by Gasteiger charge is -2.70. The Hall–Kier alpha value is -1.13. The summed E-state index contributed by atoms with van der Waals surface area (Å²) in [6, 6.07) is 0. The predicted molar refractivity (Wildman–Crippen MR) is 125 cm³/mol. The number of hydrogen-bond acceptors (Lipinski definition) is 3. The molecule has 0 amide bonds. The van der Waals surface area contributed by atoms with Crippen molar-refractivity contribution in [2.75, 3.05) is 0 Å². The highest BCUT2D eigenvalue weighted by atomic mass is 16.4. The predicted octanol–water partition coefficient (Wildman–Crippen LogP) is 5.49. The number of aliphatic hydroxyl groups excluding tert-OH is 1. The fourth-order valence-electron chi connectivity index (χ4n) is 9.85. The zero-order chi connectivity index (χ0) is 23.3. The number of fused-ring (bicyclic) bond motifs is 7. The third-order valence-corrected chi connectivity index (χ3v) is 12.1. The van der Waals surface area contributed by atoms with Crippen LogP contribution in [0, 0.1) is 39.4 Å². The molecule has 0 aromatic rings. The van der Waals surface area contributed by atoms with Gasteiger partial charge in [0.15, 0.2) is 0 Å². The molecule has 5 aliphatic carbocycles. The Labute approximate surface area is 193 Å². The van der Waals surface area contributed by atoms with Crippen molar-refractivity contribution in [2.45, 2.75) is 104 Å². The Morgan fingerprint density at radius 3 is 2.44 bits per heavy atom. The molecule has 3 N–H and O–H groups in total. The molecule has 178 valence electrons. The van der Waals surface area contributed by atoms with Gasteiger partial charge in [-0.05, 0) is 99.2 Å². The summed E-state index contributed by atoms with van der Waals surface area (Å²) in [4.78, 5) is 12.6. The van der Waals surface area contributed by atoms with Crippen molar-refractivity contribution in [1.29, 1.82) is 0 Å². The Bertz CT molecular complexity index is 888. The zero-order valence-corrected chi connectivity index (χ0v) is 20.4. The summed E-state index contributed by atoms with van der Waals surface area (Å²) in [5.74, 6) is -0.00469. The van der Waals surface area contributed by atoms with E-state index in [0.717, 1.165) is 57.8 Å². The van der Waals surface area contributed by atoms with Gasteiger partial charge in [-0.25, -0.2) is 0 Å². The number of hydrogen-bond donors (Lipinski definition) is 3. The van der Waals surface area contributed by atoms with Gasteiger partial charge in [-0.3, -0.25) is 4.79 Å². The van der Waals surface area contributed by atoms with Crippen LogP contribution in [0.4, 0.5) is 0 Å². The molecule has 4 saturated carbocycles. The molecule has 9 atom stereocenters. The highest BCUT2D eigenvalue weighted by molar-refractivity contribution is 5.77. The van der Waals surface area contributed by atoms with Crippen LogP contribution in [0.1, 0.15) is 91.9 Å². The summed E-state index contributed by atoms with van der Waals surface area (Å²) in [7, 11) is 0. The number of carboxylic acid groups (broad SMARTS) is 1. The summed E-state index contributed by atoms with van der Waals surface area (Å²) >= 11 is 0. The number of aliphatic hydroxyl groups is 2. The minimum atomic E-state index is -1.04. The first kappa shape index (κ1) is 22.7. The Morgan fingerprint density at radius 1 is 1.03 bits per heavy atom. The zero-order valence-electron chi connectivity index (χ0n) is 20.4. The van der Waals surface area contributed by atoms with Crippen LogP contribution in [0.25, 0.3) is 0 Å². The lowest BCUT2D eigenvalue weighted by molar-refractivity contribution is -0.233. The molecule has 0 heterocycles. The van der Waals surface area contributed by atoms with Gasteiger partial charge in [0.05, 0.1) is 17.1 Å². The number of aliphatic carboxylic acids is 1. The van der Waals surface area contributed by atoms with Crippen LogP contribution >= 0.6 is 0 Å². The first-order chi connectivity index (χ1) is 14.8.